The Morgan fingerprint density at radius 2 is 1.88 bits per heavy atom. The second-order valence-corrected chi connectivity index (χ2v) is 7.82. The summed E-state index contributed by atoms with van der Waals surface area (Å²) in [5.74, 6) is -0.190. The van der Waals surface area contributed by atoms with E-state index in [1.54, 1.807) is 42.6 Å². The first-order chi connectivity index (χ1) is 16.0. The molecule has 4 rings (SSSR count). The van der Waals surface area contributed by atoms with Crippen molar-refractivity contribution in [2.24, 2.45) is 0 Å². The van der Waals surface area contributed by atoms with E-state index >= 15 is 0 Å². The third-order valence-electron chi connectivity index (χ3n) is 5.27. The van der Waals surface area contributed by atoms with Crippen molar-refractivity contribution in [2.45, 2.75) is 12.8 Å². The summed E-state index contributed by atoms with van der Waals surface area (Å²) in [5.41, 5.74) is 3.98. The molecule has 2 aromatic heterocycles. The second kappa shape index (κ2) is 9.75. The van der Waals surface area contributed by atoms with Gasteiger partial charge in [0.05, 0.1) is 19.8 Å². The summed E-state index contributed by atoms with van der Waals surface area (Å²) in [6.45, 7) is 0. The maximum atomic E-state index is 12.7. The van der Waals surface area contributed by atoms with E-state index in [0.717, 1.165) is 16.5 Å². The van der Waals surface area contributed by atoms with Gasteiger partial charge in [0, 0.05) is 22.3 Å². The molecule has 8 heteroatoms. The molecule has 0 atom stereocenters. The highest BCUT2D eigenvalue weighted by atomic mass is 35.5. The van der Waals surface area contributed by atoms with Crippen molar-refractivity contribution >= 4 is 40.2 Å². The minimum absolute atomic E-state index is 0.260. The number of hydrogen-bond acceptors (Lipinski definition) is 5. The van der Waals surface area contributed by atoms with E-state index in [1.807, 2.05) is 18.2 Å². The van der Waals surface area contributed by atoms with Crippen molar-refractivity contribution in [2.75, 3.05) is 19.5 Å². The SMILES string of the molecule is COC(=O)c1cc2cc(CCc3cc(NC(=O)c4ccccc4OC)ccc3Cl)cnc2[nH]1. The quantitative estimate of drug-likeness (QED) is 0.374. The first-order valence-corrected chi connectivity index (χ1v) is 10.6. The molecule has 0 spiro atoms. The molecular weight excluding hydrogens is 442 g/mol. The zero-order valence-electron chi connectivity index (χ0n) is 18.1. The zero-order valence-corrected chi connectivity index (χ0v) is 18.9. The Hall–Kier alpha value is -3.84. The zero-order chi connectivity index (χ0) is 23.4. The van der Waals surface area contributed by atoms with Gasteiger partial charge in [0.15, 0.2) is 0 Å². The van der Waals surface area contributed by atoms with Crippen molar-refractivity contribution in [3.8, 4) is 5.75 Å². The van der Waals surface area contributed by atoms with Crippen molar-refractivity contribution in [3.05, 3.63) is 88.2 Å². The van der Waals surface area contributed by atoms with Crippen LogP contribution in [-0.2, 0) is 17.6 Å². The Morgan fingerprint density at radius 1 is 1.06 bits per heavy atom. The number of pyridine rings is 1. The fourth-order valence-electron chi connectivity index (χ4n) is 3.57. The molecule has 0 fully saturated rings. The molecule has 0 saturated heterocycles. The lowest BCUT2D eigenvalue weighted by Gasteiger charge is -2.11. The molecular formula is C25H22ClN3O4. The number of ether oxygens (including phenoxy) is 2. The van der Waals surface area contributed by atoms with Gasteiger partial charge < -0.3 is 19.8 Å². The van der Waals surface area contributed by atoms with Crippen LogP contribution in [0.15, 0.2) is 60.8 Å². The fourth-order valence-corrected chi connectivity index (χ4v) is 3.78. The molecule has 0 aliphatic rings. The van der Waals surface area contributed by atoms with Crippen LogP contribution >= 0.6 is 11.6 Å². The predicted molar refractivity (Wildman–Crippen MR) is 127 cm³/mol. The van der Waals surface area contributed by atoms with Crippen LogP contribution in [0, 0.1) is 0 Å². The van der Waals surface area contributed by atoms with Crippen LogP contribution < -0.4 is 10.1 Å². The van der Waals surface area contributed by atoms with Crippen LogP contribution in [0.4, 0.5) is 5.69 Å². The van der Waals surface area contributed by atoms with Gasteiger partial charge in [-0.1, -0.05) is 23.7 Å². The summed E-state index contributed by atoms with van der Waals surface area (Å²) >= 11 is 6.41. The van der Waals surface area contributed by atoms with Gasteiger partial charge in [-0.3, -0.25) is 4.79 Å². The maximum Gasteiger partial charge on any atom is 0.354 e. The van der Waals surface area contributed by atoms with Gasteiger partial charge in [0.25, 0.3) is 5.91 Å². The number of aryl methyl sites for hydroxylation is 2. The Labute approximate surface area is 195 Å². The molecule has 0 aliphatic heterocycles. The standard InChI is InChI=1S/C25H22ClN3O4/c1-32-22-6-4-3-5-19(22)24(30)28-18-9-10-20(26)16(12-18)8-7-15-11-17-13-21(25(31)33-2)29-23(17)27-14-15/h3-6,9-14H,7-8H2,1-2H3,(H,27,29)(H,28,30). The highest BCUT2D eigenvalue weighted by Crippen LogP contribution is 2.25. The number of carbonyl (C=O) groups excluding carboxylic acids is 2. The number of para-hydroxylation sites is 1. The average molecular weight is 464 g/mol. The van der Waals surface area contributed by atoms with Gasteiger partial charge in [-0.15, -0.1) is 0 Å². The monoisotopic (exact) mass is 463 g/mol. The Kier molecular flexibility index (Phi) is 6.60. The van der Waals surface area contributed by atoms with Gasteiger partial charge in [-0.2, -0.15) is 0 Å². The van der Waals surface area contributed by atoms with E-state index < -0.39 is 5.97 Å². The summed E-state index contributed by atoms with van der Waals surface area (Å²) in [6.07, 6.45) is 3.10. The average Bonchev–Trinajstić information content (AvgIpc) is 3.27. The van der Waals surface area contributed by atoms with Crippen LogP contribution in [0.2, 0.25) is 5.02 Å². The van der Waals surface area contributed by atoms with Crippen LogP contribution in [0.25, 0.3) is 11.0 Å². The number of esters is 1. The number of halogens is 1. The molecule has 33 heavy (non-hydrogen) atoms. The van der Waals surface area contributed by atoms with Gasteiger partial charge in [-0.25, -0.2) is 9.78 Å². The topological polar surface area (TPSA) is 93.3 Å². The number of anilines is 1. The van der Waals surface area contributed by atoms with E-state index in [0.29, 0.717) is 46.2 Å². The fraction of sp³-hybridized carbons (Fsp3) is 0.160. The summed E-state index contributed by atoms with van der Waals surface area (Å²) in [7, 11) is 2.87. The lowest BCUT2D eigenvalue weighted by molar-refractivity contribution is 0.0595. The number of methoxy groups -OCH3 is 2. The van der Waals surface area contributed by atoms with Crippen molar-refractivity contribution in [1.82, 2.24) is 9.97 Å². The second-order valence-electron chi connectivity index (χ2n) is 7.42. The molecule has 0 saturated carbocycles. The van der Waals surface area contributed by atoms with Gasteiger partial charge >= 0.3 is 5.97 Å². The summed E-state index contributed by atoms with van der Waals surface area (Å²) in [4.78, 5) is 31.8. The lowest BCUT2D eigenvalue weighted by atomic mass is 10.0. The first kappa shape index (κ1) is 22.4. The molecule has 1 amide bonds. The Bertz CT molecular complexity index is 1330. The number of aromatic nitrogens is 2. The summed E-state index contributed by atoms with van der Waals surface area (Å²) < 4.78 is 10.0. The van der Waals surface area contributed by atoms with E-state index in [4.69, 9.17) is 21.1 Å². The minimum Gasteiger partial charge on any atom is -0.496 e. The molecule has 0 bridgehead atoms. The number of nitrogens with zero attached hydrogens (tertiary/aromatic N) is 1. The number of nitrogens with one attached hydrogen (secondary N) is 2. The van der Waals surface area contributed by atoms with E-state index in [-0.39, 0.29) is 5.91 Å². The largest absolute Gasteiger partial charge is 0.496 e. The molecule has 4 aromatic rings. The van der Waals surface area contributed by atoms with E-state index in [1.165, 1.54) is 14.2 Å². The number of carbonyl (C=O) groups is 2. The van der Waals surface area contributed by atoms with Crippen molar-refractivity contribution in [3.63, 3.8) is 0 Å². The van der Waals surface area contributed by atoms with Crippen LogP contribution in [0.1, 0.15) is 32.0 Å². The maximum absolute atomic E-state index is 12.7. The summed E-state index contributed by atoms with van der Waals surface area (Å²) in [6, 6.07) is 16.1. The molecule has 2 aromatic carbocycles. The van der Waals surface area contributed by atoms with E-state index in [2.05, 4.69) is 15.3 Å². The number of fused-ring (bicyclic) bond motifs is 1. The molecule has 0 aliphatic carbocycles. The Morgan fingerprint density at radius 3 is 2.67 bits per heavy atom. The minimum atomic E-state index is -0.437. The number of hydrogen-bond donors (Lipinski definition) is 2. The normalized spacial score (nSPS) is 10.8. The third kappa shape index (κ3) is 4.99. The van der Waals surface area contributed by atoms with Crippen molar-refractivity contribution in [1.29, 1.82) is 0 Å². The van der Waals surface area contributed by atoms with Crippen LogP contribution in [0.3, 0.4) is 0 Å². The number of benzene rings is 2. The van der Waals surface area contributed by atoms with Crippen LogP contribution in [0.5, 0.6) is 5.75 Å². The summed E-state index contributed by atoms with van der Waals surface area (Å²) in [5, 5.41) is 4.35. The first-order valence-electron chi connectivity index (χ1n) is 10.3. The van der Waals surface area contributed by atoms with Gasteiger partial charge in [-0.05, 0) is 66.4 Å². The molecule has 2 heterocycles. The van der Waals surface area contributed by atoms with E-state index in [9.17, 15) is 9.59 Å². The third-order valence-corrected chi connectivity index (χ3v) is 5.64. The molecule has 0 unspecified atom stereocenters. The molecule has 0 radical (unpaired) electrons. The highest BCUT2D eigenvalue weighted by molar-refractivity contribution is 6.31. The number of aromatic amines is 1. The molecule has 2 N–H and O–H groups in total. The lowest BCUT2D eigenvalue weighted by Crippen LogP contribution is -2.13. The smallest absolute Gasteiger partial charge is 0.354 e. The highest BCUT2D eigenvalue weighted by Gasteiger charge is 2.13. The van der Waals surface area contributed by atoms with Gasteiger partial charge in [0.2, 0.25) is 0 Å². The molecule has 7 nitrogen and oxygen atoms in total. The van der Waals surface area contributed by atoms with Gasteiger partial charge in [0.1, 0.15) is 17.1 Å². The number of rotatable bonds is 7. The predicted octanol–water partition coefficient (Wildman–Crippen LogP) is 5.05. The number of H-pyrrole nitrogens is 1. The van der Waals surface area contributed by atoms with Crippen molar-refractivity contribution < 1.29 is 19.1 Å². The van der Waals surface area contributed by atoms with Crippen LogP contribution in [-0.4, -0.2) is 36.1 Å². The Balaban J connectivity index is 1.48. The molecule has 168 valence electrons. The number of amides is 1.